The lowest BCUT2D eigenvalue weighted by Gasteiger charge is -2.30. The van der Waals surface area contributed by atoms with E-state index in [9.17, 15) is 4.79 Å². The monoisotopic (exact) mass is 368 g/mol. The number of carbonyl (C=O) groups excluding carboxylic acids is 1. The fraction of sp³-hybridized carbons (Fsp3) is 0.429. The number of nitrogens with zero attached hydrogens (tertiary/aromatic N) is 2. The van der Waals surface area contributed by atoms with Gasteiger partial charge in [0.25, 0.3) is 5.91 Å². The number of pyridine rings is 1. The molecule has 0 atom stereocenters. The SMILES string of the molecule is CCCCCNC(=O)c1ccc(Nc2ccccc2N2CCOCC2)cn1. The smallest absolute Gasteiger partial charge is 0.269 e. The zero-order valence-corrected chi connectivity index (χ0v) is 15.9. The fourth-order valence-corrected chi connectivity index (χ4v) is 3.08. The van der Waals surface area contributed by atoms with Gasteiger partial charge in [-0.25, -0.2) is 4.98 Å². The van der Waals surface area contributed by atoms with Crippen molar-refractivity contribution < 1.29 is 9.53 Å². The van der Waals surface area contributed by atoms with Crippen LogP contribution in [0.25, 0.3) is 0 Å². The minimum Gasteiger partial charge on any atom is -0.378 e. The molecule has 0 radical (unpaired) electrons. The number of ether oxygens (including phenoxy) is 1. The van der Waals surface area contributed by atoms with Crippen LogP contribution >= 0.6 is 0 Å². The normalized spacial score (nSPS) is 14.0. The highest BCUT2D eigenvalue weighted by Gasteiger charge is 2.14. The molecule has 2 aromatic rings. The molecule has 1 saturated heterocycles. The summed E-state index contributed by atoms with van der Waals surface area (Å²) in [4.78, 5) is 18.8. The molecule has 6 heteroatoms. The van der Waals surface area contributed by atoms with Crippen molar-refractivity contribution in [2.24, 2.45) is 0 Å². The number of benzene rings is 1. The minimum absolute atomic E-state index is 0.119. The number of nitrogens with one attached hydrogen (secondary N) is 2. The first-order valence-corrected chi connectivity index (χ1v) is 9.71. The van der Waals surface area contributed by atoms with Crippen molar-refractivity contribution in [1.29, 1.82) is 0 Å². The summed E-state index contributed by atoms with van der Waals surface area (Å²) in [5.41, 5.74) is 3.48. The number of hydrogen-bond donors (Lipinski definition) is 2. The second-order valence-corrected chi connectivity index (χ2v) is 6.64. The molecule has 1 fully saturated rings. The van der Waals surface area contributed by atoms with Crippen LogP contribution in [0.2, 0.25) is 0 Å². The standard InChI is InChI=1S/C21H28N4O2/c1-2-3-6-11-22-21(26)19-10-9-17(16-23-19)24-18-7-4-5-8-20(18)25-12-14-27-15-13-25/h4-5,7-10,16,24H,2-3,6,11-15H2,1H3,(H,22,26). The molecule has 6 nitrogen and oxygen atoms in total. The Labute approximate surface area is 160 Å². The van der Waals surface area contributed by atoms with Gasteiger partial charge in [0, 0.05) is 19.6 Å². The average Bonchev–Trinajstić information content (AvgIpc) is 2.73. The number of carbonyl (C=O) groups is 1. The van der Waals surface area contributed by atoms with Gasteiger partial charge in [-0.05, 0) is 30.7 Å². The van der Waals surface area contributed by atoms with E-state index in [2.05, 4.69) is 39.6 Å². The lowest BCUT2D eigenvalue weighted by atomic mass is 10.2. The summed E-state index contributed by atoms with van der Waals surface area (Å²) in [6, 6.07) is 11.9. The average molecular weight is 368 g/mol. The maximum absolute atomic E-state index is 12.1. The maximum atomic E-state index is 12.1. The first kappa shape index (κ1) is 19.2. The Morgan fingerprint density at radius 1 is 1.15 bits per heavy atom. The predicted molar refractivity (Wildman–Crippen MR) is 109 cm³/mol. The number of para-hydroxylation sites is 2. The third kappa shape index (κ3) is 5.44. The summed E-state index contributed by atoms with van der Waals surface area (Å²) in [7, 11) is 0. The number of aromatic nitrogens is 1. The Balaban J connectivity index is 1.62. The number of hydrogen-bond acceptors (Lipinski definition) is 5. The van der Waals surface area contributed by atoms with Gasteiger partial charge in [0.2, 0.25) is 0 Å². The maximum Gasteiger partial charge on any atom is 0.269 e. The van der Waals surface area contributed by atoms with E-state index in [4.69, 9.17) is 4.74 Å². The van der Waals surface area contributed by atoms with E-state index in [0.717, 1.165) is 62.6 Å². The van der Waals surface area contributed by atoms with E-state index >= 15 is 0 Å². The van der Waals surface area contributed by atoms with Crippen LogP contribution < -0.4 is 15.5 Å². The van der Waals surface area contributed by atoms with Gasteiger partial charge in [0.05, 0.1) is 36.5 Å². The molecule has 1 aromatic heterocycles. The van der Waals surface area contributed by atoms with Crippen LogP contribution in [0.15, 0.2) is 42.6 Å². The van der Waals surface area contributed by atoms with Gasteiger partial charge >= 0.3 is 0 Å². The summed E-state index contributed by atoms with van der Waals surface area (Å²) in [6.45, 7) is 6.10. The Morgan fingerprint density at radius 2 is 1.96 bits per heavy atom. The summed E-state index contributed by atoms with van der Waals surface area (Å²) >= 11 is 0. The predicted octanol–water partition coefficient (Wildman–Crippen LogP) is 3.58. The summed E-state index contributed by atoms with van der Waals surface area (Å²) in [5.74, 6) is -0.119. The number of rotatable bonds is 8. The zero-order chi connectivity index (χ0) is 18.9. The lowest BCUT2D eigenvalue weighted by Crippen LogP contribution is -2.36. The van der Waals surface area contributed by atoms with Crippen molar-refractivity contribution in [3.8, 4) is 0 Å². The van der Waals surface area contributed by atoms with Gasteiger partial charge in [0.1, 0.15) is 5.69 Å². The molecule has 0 unspecified atom stereocenters. The molecule has 144 valence electrons. The van der Waals surface area contributed by atoms with Crippen molar-refractivity contribution in [1.82, 2.24) is 10.3 Å². The van der Waals surface area contributed by atoms with E-state index < -0.39 is 0 Å². The van der Waals surface area contributed by atoms with Crippen LogP contribution in [0.1, 0.15) is 36.7 Å². The molecule has 2 heterocycles. The summed E-state index contributed by atoms with van der Waals surface area (Å²) in [6.07, 6.45) is 4.97. The third-order valence-electron chi connectivity index (χ3n) is 4.60. The largest absolute Gasteiger partial charge is 0.378 e. The third-order valence-corrected chi connectivity index (χ3v) is 4.60. The molecule has 1 amide bonds. The molecule has 1 aliphatic heterocycles. The van der Waals surface area contributed by atoms with Crippen LogP contribution in [0.5, 0.6) is 0 Å². The summed E-state index contributed by atoms with van der Waals surface area (Å²) < 4.78 is 5.45. The second kappa shape index (κ2) is 9.92. The molecule has 0 aliphatic carbocycles. The van der Waals surface area contributed by atoms with Crippen LogP contribution in [0.4, 0.5) is 17.1 Å². The summed E-state index contributed by atoms with van der Waals surface area (Å²) in [5, 5.41) is 6.33. The van der Waals surface area contributed by atoms with E-state index in [-0.39, 0.29) is 5.91 Å². The Morgan fingerprint density at radius 3 is 2.70 bits per heavy atom. The number of morpholine rings is 1. The van der Waals surface area contributed by atoms with Crippen LogP contribution in [-0.4, -0.2) is 43.7 Å². The van der Waals surface area contributed by atoms with Gasteiger partial charge in [-0.1, -0.05) is 31.9 Å². The highest BCUT2D eigenvalue weighted by molar-refractivity contribution is 5.92. The lowest BCUT2D eigenvalue weighted by molar-refractivity contribution is 0.0948. The van der Waals surface area contributed by atoms with Gasteiger partial charge in [-0.3, -0.25) is 4.79 Å². The quantitative estimate of drug-likeness (QED) is 0.697. The highest BCUT2D eigenvalue weighted by Crippen LogP contribution is 2.29. The van der Waals surface area contributed by atoms with Crippen molar-refractivity contribution in [3.63, 3.8) is 0 Å². The van der Waals surface area contributed by atoms with E-state index in [1.54, 1.807) is 12.3 Å². The Hall–Kier alpha value is -2.60. The van der Waals surface area contributed by atoms with Gasteiger partial charge in [0.15, 0.2) is 0 Å². The van der Waals surface area contributed by atoms with E-state index in [0.29, 0.717) is 12.2 Å². The number of anilines is 3. The molecule has 0 bridgehead atoms. The van der Waals surface area contributed by atoms with Gasteiger partial charge in [-0.2, -0.15) is 0 Å². The van der Waals surface area contributed by atoms with Crippen molar-refractivity contribution in [2.45, 2.75) is 26.2 Å². The van der Waals surface area contributed by atoms with Gasteiger partial charge in [-0.15, -0.1) is 0 Å². The van der Waals surface area contributed by atoms with Crippen molar-refractivity contribution >= 4 is 23.0 Å². The molecule has 27 heavy (non-hydrogen) atoms. The van der Waals surface area contributed by atoms with E-state index in [1.165, 1.54) is 0 Å². The molecular weight excluding hydrogens is 340 g/mol. The topological polar surface area (TPSA) is 66.5 Å². The molecule has 1 aliphatic rings. The van der Waals surface area contributed by atoms with E-state index in [1.807, 2.05) is 18.2 Å². The fourth-order valence-electron chi connectivity index (χ4n) is 3.08. The first-order valence-electron chi connectivity index (χ1n) is 9.71. The second-order valence-electron chi connectivity index (χ2n) is 6.64. The van der Waals surface area contributed by atoms with Gasteiger partial charge < -0.3 is 20.3 Å². The zero-order valence-electron chi connectivity index (χ0n) is 15.9. The van der Waals surface area contributed by atoms with Crippen molar-refractivity contribution in [3.05, 3.63) is 48.3 Å². The van der Waals surface area contributed by atoms with Crippen LogP contribution in [0.3, 0.4) is 0 Å². The molecular formula is C21H28N4O2. The molecule has 3 rings (SSSR count). The molecule has 0 spiro atoms. The van der Waals surface area contributed by atoms with Crippen molar-refractivity contribution in [2.75, 3.05) is 43.1 Å². The number of unbranched alkanes of at least 4 members (excludes halogenated alkanes) is 2. The number of amides is 1. The Kier molecular flexibility index (Phi) is 7.04. The molecule has 0 saturated carbocycles. The molecule has 2 N–H and O–H groups in total. The minimum atomic E-state index is -0.119. The molecule has 1 aromatic carbocycles. The van der Waals surface area contributed by atoms with Crippen LogP contribution in [-0.2, 0) is 4.74 Å². The van der Waals surface area contributed by atoms with Crippen LogP contribution in [0, 0.1) is 0 Å². The first-order chi connectivity index (χ1) is 13.3. The Bertz CT molecular complexity index is 727. The highest BCUT2D eigenvalue weighted by atomic mass is 16.5.